The Morgan fingerprint density at radius 3 is 1.81 bits per heavy atom. The van der Waals surface area contributed by atoms with Gasteiger partial charge in [0.25, 0.3) is 0 Å². The highest BCUT2D eigenvalue weighted by atomic mass is 32.3. The maximum absolute atomic E-state index is 12.4. The molecule has 2 rings (SSSR count). The Balaban J connectivity index is 2.13. The van der Waals surface area contributed by atoms with E-state index in [1.807, 2.05) is 0 Å². The Labute approximate surface area is 327 Å². The van der Waals surface area contributed by atoms with Crippen molar-refractivity contribution in [1.29, 1.82) is 0 Å². The van der Waals surface area contributed by atoms with Crippen molar-refractivity contribution in [1.82, 2.24) is 10.6 Å². The van der Waals surface area contributed by atoms with Gasteiger partial charge in [0.2, 0.25) is 11.8 Å². The topological polar surface area (TPSA) is 394 Å². The third-order valence-corrected chi connectivity index (χ3v) is 9.08. The Kier molecular flexibility index (Phi) is 20.5. The zero-order valence-corrected chi connectivity index (χ0v) is 33.4. The minimum absolute atomic E-state index is 0.103. The van der Waals surface area contributed by atoms with Crippen LogP contribution in [-0.2, 0) is 106 Å². The number of amides is 2. The molecule has 0 aliphatic carbocycles. The van der Waals surface area contributed by atoms with E-state index < -0.39 is 141 Å². The molecule has 0 radical (unpaired) electrons. The van der Waals surface area contributed by atoms with E-state index in [0.717, 1.165) is 6.92 Å². The van der Waals surface area contributed by atoms with Crippen LogP contribution in [0.2, 0.25) is 0 Å². The molecule has 28 nitrogen and oxygen atoms in total. The van der Waals surface area contributed by atoms with Crippen LogP contribution >= 0.6 is 0 Å². The highest BCUT2D eigenvalue weighted by Gasteiger charge is 2.54. The molecule has 9 atom stereocenters. The lowest BCUT2D eigenvalue weighted by atomic mass is 9.98. The summed E-state index contributed by atoms with van der Waals surface area (Å²) in [5, 5.41) is 4.47. The third-order valence-electron chi connectivity index (χ3n) is 7.19. The summed E-state index contributed by atoms with van der Waals surface area (Å²) in [5.41, 5.74) is 0. The van der Waals surface area contributed by atoms with Crippen LogP contribution in [-0.4, -0.2) is 178 Å². The average molecular weight is 917 g/mol. The fraction of sp³-hybridized carbons (Fsp3) is 0.880. The molecule has 2 heterocycles. The predicted molar refractivity (Wildman–Crippen MR) is 179 cm³/mol. The number of ether oxygens (including phenoxy) is 7. The van der Waals surface area contributed by atoms with Gasteiger partial charge in [-0.2, -0.15) is 33.7 Å². The van der Waals surface area contributed by atoms with Crippen LogP contribution in [0.15, 0.2) is 0 Å². The number of methoxy groups -OCH3 is 1. The molecule has 2 amide bonds. The molecule has 0 aromatic heterocycles. The number of hydrogen-bond acceptors (Lipinski definition) is 22. The van der Waals surface area contributed by atoms with Crippen molar-refractivity contribution in [3.05, 3.63) is 0 Å². The number of carbonyl (C=O) groups excluding carboxylic acids is 3. The standard InChI is InChI=1S/C25H44N2O26S4/c1-14-10-17(50-54(31,32)33)21(51-55(34,35)36)25(47-14)49-20-15(2)48-24(23(53-57(40,41)42)22(20)52-56(37,38)39)46-13-27-18(29)5-4-16(28)11-26-19(30)12-45-9-8-44-7-6-43-3/h14-15,17,20-25H,4-13H2,1-3H3,(H,26,30)(H,27,29)(H,31,32,33)(H,34,35,36)(H,37,38,39)(H,40,41,42). The van der Waals surface area contributed by atoms with E-state index in [0.29, 0.717) is 13.2 Å². The van der Waals surface area contributed by atoms with Gasteiger partial charge in [0.05, 0.1) is 45.2 Å². The Bertz CT molecular complexity index is 1760. The van der Waals surface area contributed by atoms with Gasteiger partial charge in [0.15, 0.2) is 30.6 Å². The molecule has 2 aliphatic rings. The summed E-state index contributed by atoms with van der Waals surface area (Å²) in [4.78, 5) is 36.4. The molecule has 0 saturated carbocycles. The van der Waals surface area contributed by atoms with Crippen LogP contribution in [0.3, 0.4) is 0 Å². The van der Waals surface area contributed by atoms with E-state index in [-0.39, 0.29) is 26.2 Å². The number of rotatable bonds is 26. The molecule has 57 heavy (non-hydrogen) atoms. The van der Waals surface area contributed by atoms with E-state index >= 15 is 0 Å². The van der Waals surface area contributed by atoms with Crippen LogP contribution in [0.4, 0.5) is 0 Å². The summed E-state index contributed by atoms with van der Waals surface area (Å²) in [6.07, 6.45) is -19.8. The lowest BCUT2D eigenvalue weighted by molar-refractivity contribution is -0.334. The first kappa shape index (κ1) is 51.0. The SMILES string of the molecule is COCCOCCOCC(=O)NCC(=O)CCC(=O)NCOC1OC(C)C(OC2OC(C)CC(OS(=O)(=O)O)C2OS(=O)(=O)O)C(OS(=O)(=O)O)C1OS(=O)(=O)O. The molecule has 0 bridgehead atoms. The molecule has 32 heteroatoms. The first-order valence-electron chi connectivity index (χ1n) is 16.2. The Morgan fingerprint density at radius 1 is 0.649 bits per heavy atom. The van der Waals surface area contributed by atoms with E-state index in [1.165, 1.54) is 14.0 Å². The summed E-state index contributed by atoms with van der Waals surface area (Å²) in [6, 6.07) is 0. The number of hydrogen-bond donors (Lipinski definition) is 6. The third kappa shape index (κ3) is 21.1. The van der Waals surface area contributed by atoms with Crippen LogP contribution in [0.1, 0.15) is 33.1 Å². The maximum atomic E-state index is 12.4. The van der Waals surface area contributed by atoms with Crippen molar-refractivity contribution in [2.24, 2.45) is 0 Å². The van der Waals surface area contributed by atoms with Gasteiger partial charge in [-0.3, -0.25) is 32.6 Å². The van der Waals surface area contributed by atoms with E-state index in [1.54, 1.807) is 0 Å². The highest BCUT2D eigenvalue weighted by Crippen LogP contribution is 2.35. The van der Waals surface area contributed by atoms with Gasteiger partial charge in [0.1, 0.15) is 31.6 Å². The van der Waals surface area contributed by atoms with Gasteiger partial charge < -0.3 is 43.8 Å². The lowest BCUT2D eigenvalue weighted by Gasteiger charge is -2.46. The van der Waals surface area contributed by atoms with Crippen LogP contribution in [0.5, 0.6) is 0 Å². The summed E-state index contributed by atoms with van der Waals surface area (Å²) >= 11 is 0. The molecule has 0 spiro atoms. The van der Waals surface area contributed by atoms with Gasteiger partial charge in [-0.15, -0.1) is 0 Å². The smallest absolute Gasteiger partial charge is 0.382 e. The van der Waals surface area contributed by atoms with Crippen molar-refractivity contribution in [2.45, 2.75) is 88.4 Å². The summed E-state index contributed by atoms with van der Waals surface area (Å²) < 4.78 is 186. The van der Waals surface area contributed by atoms with Crippen LogP contribution < -0.4 is 10.6 Å². The Hall–Kier alpha value is -2.19. The van der Waals surface area contributed by atoms with E-state index in [9.17, 15) is 66.3 Å². The number of ketones is 1. The van der Waals surface area contributed by atoms with Crippen LogP contribution in [0, 0.1) is 0 Å². The Morgan fingerprint density at radius 2 is 1.21 bits per heavy atom. The molecule has 6 N–H and O–H groups in total. The minimum Gasteiger partial charge on any atom is -0.382 e. The molecule has 0 aromatic rings. The van der Waals surface area contributed by atoms with Gasteiger partial charge in [0, 0.05) is 26.4 Å². The van der Waals surface area contributed by atoms with E-state index in [4.69, 9.17) is 33.2 Å². The second kappa shape index (κ2) is 23.0. The highest BCUT2D eigenvalue weighted by molar-refractivity contribution is 7.81. The normalized spacial score (nSPS) is 27.5. The van der Waals surface area contributed by atoms with Crippen molar-refractivity contribution in [3.8, 4) is 0 Å². The average Bonchev–Trinajstić information content (AvgIpc) is 3.04. The summed E-state index contributed by atoms with van der Waals surface area (Å²) in [6.45, 7) is 1.66. The van der Waals surface area contributed by atoms with Gasteiger partial charge in [-0.05, 0) is 13.8 Å². The molecular weight excluding hydrogens is 873 g/mol. The molecule has 0 aromatic carbocycles. The van der Waals surface area contributed by atoms with E-state index in [2.05, 4.69) is 27.4 Å². The van der Waals surface area contributed by atoms with Gasteiger partial charge >= 0.3 is 41.6 Å². The second-order valence-corrected chi connectivity index (χ2v) is 16.0. The largest absolute Gasteiger partial charge is 0.397 e. The molecule has 334 valence electrons. The first-order chi connectivity index (χ1) is 26.3. The van der Waals surface area contributed by atoms with Gasteiger partial charge in [-0.1, -0.05) is 0 Å². The van der Waals surface area contributed by atoms with Gasteiger partial charge in [-0.25, -0.2) is 16.7 Å². The fourth-order valence-electron chi connectivity index (χ4n) is 4.96. The van der Waals surface area contributed by atoms with Crippen molar-refractivity contribution < 1.29 is 116 Å². The van der Waals surface area contributed by atoms with Crippen molar-refractivity contribution in [3.63, 3.8) is 0 Å². The zero-order valence-electron chi connectivity index (χ0n) is 30.2. The molecule has 2 saturated heterocycles. The predicted octanol–water partition coefficient (Wildman–Crippen LogP) is -3.76. The molecular formula is C25H44N2O26S4. The molecule has 2 aliphatic heterocycles. The minimum atomic E-state index is -5.63. The number of Topliss-reactive ketones (excluding diaryl/α,β-unsaturated/α-hetero) is 1. The first-order valence-corrected chi connectivity index (χ1v) is 21.6. The number of nitrogens with one attached hydrogen (secondary N) is 2. The second-order valence-electron chi connectivity index (χ2n) is 11.8. The quantitative estimate of drug-likeness (QED) is 0.0276. The monoisotopic (exact) mass is 916 g/mol. The van der Waals surface area contributed by atoms with Crippen molar-refractivity contribution >= 4 is 59.2 Å². The van der Waals surface area contributed by atoms with Crippen LogP contribution in [0.25, 0.3) is 0 Å². The molecule has 9 unspecified atom stereocenters. The summed E-state index contributed by atoms with van der Waals surface area (Å²) in [7, 11) is -20.6. The maximum Gasteiger partial charge on any atom is 0.397 e. The zero-order chi connectivity index (χ0) is 43.2. The number of carbonyl (C=O) groups is 3. The summed E-state index contributed by atoms with van der Waals surface area (Å²) in [5.74, 6) is -2.03. The fourth-order valence-corrected chi connectivity index (χ4v) is 6.93. The van der Waals surface area contributed by atoms with Crippen molar-refractivity contribution in [2.75, 3.05) is 53.4 Å². The lowest BCUT2D eigenvalue weighted by Crippen LogP contribution is -2.63. The molecule has 2 fully saturated rings.